The molecule has 1 aliphatic heterocycles. The normalized spacial score (nSPS) is 19.2. The van der Waals surface area contributed by atoms with Gasteiger partial charge in [-0.3, -0.25) is 9.58 Å². The number of nitrogens with one attached hydrogen (secondary N) is 1. The first-order valence-electron chi connectivity index (χ1n) is 9.48. The maximum Gasteiger partial charge on any atom is 0.155 e. The van der Waals surface area contributed by atoms with Gasteiger partial charge in [0, 0.05) is 36.7 Å². The highest BCUT2D eigenvalue weighted by Gasteiger charge is 2.33. The molecule has 0 unspecified atom stereocenters. The minimum absolute atomic E-state index is 0.502. The van der Waals surface area contributed by atoms with E-state index in [0.29, 0.717) is 18.5 Å². The Hall–Kier alpha value is -2.48. The number of nitrogens with zero attached hydrogens (tertiary/aromatic N) is 7. The number of aromatic amines is 1. The standard InChI is InChI=1S/C18H24N8/c1-6-21-25(9-1)13-17-22-23-18(26(17)15-2-3-15)14-4-10-24(11-5-14)12-16-19-7-8-20-16/h1,6-9,14-15H,2-5,10-13H2,(H,19,20). The Morgan fingerprint density at radius 2 is 1.92 bits per heavy atom. The minimum Gasteiger partial charge on any atom is -0.348 e. The van der Waals surface area contributed by atoms with Crippen molar-refractivity contribution in [1.82, 2.24) is 39.4 Å². The summed E-state index contributed by atoms with van der Waals surface area (Å²) in [5.41, 5.74) is 0. The first-order chi connectivity index (χ1) is 12.9. The van der Waals surface area contributed by atoms with E-state index in [2.05, 4.69) is 34.7 Å². The zero-order chi connectivity index (χ0) is 17.3. The number of hydrogen-bond donors (Lipinski definition) is 1. The van der Waals surface area contributed by atoms with E-state index in [-0.39, 0.29) is 0 Å². The van der Waals surface area contributed by atoms with Gasteiger partial charge in [0.2, 0.25) is 0 Å². The molecule has 0 amide bonds. The second kappa shape index (κ2) is 6.68. The van der Waals surface area contributed by atoms with Crippen molar-refractivity contribution in [2.24, 2.45) is 0 Å². The van der Waals surface area contributed by atoms with E-state index < -0.39 is 0 Å². The van der Waals surface area contributed by atoms with E-state index >= 15 is 0 Å². The van der Waals surface area contributed by atoms with Crippen molar-refractivity contribution in [3.05, 3.63) is 48.3 Å². The van der Waals surface area contributed by atoms with Gasteiger partial charge in [0.05, 0.1) is 6.54 Å². The highest BCUT2D eigenvalue weighted by molar-refractivity contribution is 5.09. The second-order valence-electron chi connectivity index (χ2n) is 7.37. The first-order valence-corrected chi connectivity index (χ1v) is 9.48. The van der Waals surface area contributed by atoms with Gasteiger partial charge in [-0.25, -0.2) is 4.98 Å². The molecule has 8 heteroatoms. The Kier molecular flexibility index (Phi) is 4.05. The average Bonchev–Trinajstić information content (AvgIpc) is 3.07. The van der Waals surface area contributed by atoms with Crippen LogP contribution in [0.2, 0.25) is 0 Å². The summed E-state index contributed by atoms with van der Waals surface area (Å²) >= 11 is 0. The summed E-state index contributed by atoms with van der Waals surface area (Å²) in [5, 5.41) is 13.5. The van der Waals surface area contributed by atoms with Gasteiger partial charge in [0.15, 0.2) is 5.82 Å². The number of rotatable bonds is 6. The van der Waals surface area contributed by atoms with E-state index in [1.807, 2.05) is 35.5 Å². The van der Waals surface area contributed by atoms with Gasteiger partial charge >= 0.3 is 0 Å². The molecule has 3 aromatic heterocycles. The Balaban J connectivity index is 1.29. The second-order valence-corrected chi connectivity index (χ2v) is 7.37. The van der Waals surface area contributed by atoms with E-state index in [1.165, 1.54) is 18.7 Å². The van der Waals surface area contributed by atoms with Crippen LogP contribution in [-0.4, -0.2) is 52.5 Å². The van der Waals surface area contributed by atoms with Crippen LogP contribution < -0.4 is 0 Å². The smallest absolute Gasteiger partial charge is 0.155 e. The number of piperidine rings is 1. The van der Waals surface area contributed by atoms with Gasteiger partial charge in [-0.05, 0) is 44.8 Å². The molecule has 2 aliphatic rings. The third-order valence-electron chi connectivity index (χ3n) is 5.45. The van der Waals surface area contributed by atoms with Crippen molar-refractivity contribution >= 4 is 0 Å². The van der Waals surface area contributed by atoms with Gasteiger partial charge < -0.3 is 9.55 Å². The van der Waals surface area contributed by atoms with Crippen LogP contribution in [0.1, 0.15) is 55.1 Å². The fourth-order valence-corrected chi connectivity index (χ4v) is 3.94. The molecule has 3 aromatic rings. The molecule has 8 nitrogen and oxygen atoms in total. The molecule has 1 saturated carbocycles. The molecule has 0 radical (unpaired) electrons. The molecule has 1 N–H and O–H groups in total. The lowest BCUT2D eigenvalue weighted by atomic mass is 9.96. The van der Waals surface area contributed by atoms with Crippen molar-refractivity contribution in [2.45, 2.75) is 50.7 Å². The fraction of sp³-hybridized carbons (Fsp3) is 0.556. The molecule has 136 valence electrons. The molecule has 4 heterocycles. The van der Waals surface area contributed by atoms with Gasteiger partial charge in [-0.1, -0.05) is 0 Å². The molecule has 1 saturated heterocycles. The highest BCUT2D eigenvalue weighted by Crippen LogP contribution is 2.40. The predicted octanol–water partition coefficient (Wildman–Crippen LogP) is 1.96. The summed E-state index contributed by atoms with van der Waals surface area (Å²) in [6.45, 7) is 3.77. The molecule has 0 bridgehead atoms. The summed E-state index contributed by atoms with van der Waals surface area (Å²) in [6.07, 6.45) is 12.3. The maximum absolute atomic E-state index is 4.62. The summed E-state index contributed by atoms with van der Waals surface area (Å²) in [5.74, 6) is 3.78. The summed E-state index contributed by atoms with van der Waals surface area (Å²) in [6, 6.07) is 2.54. The van der Waals surface area contributed by atoms with Crippen molar-refractivity contribution in [2.75, 3.05) is 13.1 Å². The zero-order valence-corrected chi connectivity index (χ0v) is 14.8. The molecule has 26 heavy (non-hydrogen) atoms. The molecule has 2 fully saturated rings. The topological polar surface area (TPSA) is 80.5 Å². The van der Waals surface area contributed by atoms with Crippen LogP contribution in [0.15, 0.2) is 30.9 Å². The van der Waals surface area contributed by atoms with Crippen LogP contribution in [0.4, 0.5) is 0 Å². The Morgan fingerprint density at radius 3 is 2.62 bits per heavy atom. The van der Waals surface area contributed by atoms with E-state index in [9.17, 15) is 0 Å². The predicted molar refractivity (Wildman–Crippen MR) is 95.5 cm³/mol. The minimum atomic E-state index is 0.502. The average molecular weight is 352 g/mol. The van der Waals surface area contributed by atoms with Crippen LogP contribution in [0.3, 0.4) is 0 Å². The number of H-pyrrole nitrogens is 1. The Labute approximate surface area is 152 Å². The Morgan fingerprint density at radius 1 is 1.04 bits per heavy atom. The molecule has 1 aliphatic carbocycles. The summed E-state index contributed by atoms with van der Waals surface area (Å²) in [7, 11) is 0. The number of likely N-dealkylation sites (tertiary alicyclic amines) is 1. The van der Waals surface area contributed by atoms with Crippen molar-refractivity contribution < 1.29 is 0 Å². The quantitative estimate of drug-likeness (QED) is 0.733. The van der Waals surface area contributed by atoms with Crippen molar-refractivity contribution in [3.63, 3.8) is 0 Å². The SMILES string of the molecule is c1cnn(Cc2nnc(C3CCN(Cc4ncc[nH]4)CC3)n2C2CC2)c1. The van der Waals surface area contributed by atoms with Crippen LogP contribution in [0.5, 0.6) is 0 Å². The lowest BCUT2D eigenvalue weighted by molar-refractivity contribution is 0.196. The maximum atomic E-state index is 4.62. The van der Waals surface area contributed by atoms with Crippen molar-refractivity contribution in [3.8, 4) is 0 Å². The van der Waals surface area contributed by atoms with Gasteiger partial charge in [0.1, 0.15) is 18.2 Å². The van der Waals surface area contributed by atoms with Gasteiger partial charge in [-0.2, -0.15) is 5.10 Å². The largest absolute Gasteiger partial charge is 0.348 e. The van der Waals surface area contributed by atoms with E-state index in [0.717, 1.165) is 44.1 Å². The van der Waals surface area contributed by atoms with E-state index in [4.69, 9.17) is 0 Å². The molecule has 0 aromatic carbocycles. The molecule has 5 rings (SSSR count). The third kappa shape index (κ3) is 3.16. The molecular weight excluding hydrogens is 328 g/mol. The van der Waals surface area contributed by atoms with Gasteiger partial charge in [0.25, 0.3) is 0 Å². The lowest BCUT2D eigenvalue weighted by Gasteiger charge is -2.31. The zero-order valence-electron chi connectivity index (χ0n) is 14.8. The van der Waals surface area contributed by atoms with E-state index in [1.54, 1.807) is 0 Å². The molecule has 0 atom stereocenters. The number of aromatic nitrogens is 7. The fourth-order valence-electron chi connectivity index (χ4n) is 3.94. The Bertz CT molecular complexity index is 823. The monoisotopic (exact) mass is 352 g/mol. The first kappa shape index (κ1) is 15.7. The van der Waals surface area contributed by atoms with Crippen LogP contribution in [0, 0.1) is 0 Å². The molecule has 0 spiro atoms. The summed E-state index contributed by atoms with van der Waals surface area (Å²) < 4.78 is 4.34. The highest BCUT2D eigenvalue weighted by atomic mass is 15.3. The number of imidazole rings is 1. The lowest BCUT2D eigenvalue weighted by Crippen LogP contribution is -2.33. The molecular formula is C18H24N8. The third-order valence-corrected chi connectivity index (χ3v) is 5.45. The van der Waals surface area contributed by atoms with Crippen LogP contribution in [0.25, 0.3) is 0 Å². The van der Waals surface area contributed by atoms with Crippen LogP contribution >= 0.6 is 0 Å². The number of hydrogen-bond acceptors (Lipinski definition) is 5. The van der Waals surface area contributed by atoms with Crippen molar-refractivity contribution in [1.29, 1.82) is 0 Å². The van der Waals surface area contributed by atoms with Gasteiger partial charge in [-0.15, -0.1) is 10.2 Å². The summed E-state index contributed by atoms with van der Waals surface area (Å²) in [4.78, 5) is 10.0. The van der Waals surface area contributed by atoms with Crippen LogP contribution in [-0.2, 0) is 13.1 Å².